The summed E-state index contributed by atoms with van der Waals surface area (Å²) in [4.78, 5) is 11.3. The van der Waals surface area contributed by atoms with Crippen molar-refractivity contribution in [2.45, 2.75) is 6.92 Å². The lowest BCUT2D eigenvalue weighted by Gasteiger charge is -2.36. The molecule has 0 aliphatic carbocycles. The number of benzene rings is 2. The van der Waals surface area contributed by atoms with Crippen molar-refractivity contribution in [2.75, 3.05) is 63.6 Å². The first kappa shape index (κ1) is 22.2. The van der Waals surface area contributed by atoms with E-state index in [9.17, 15) is 8.78 Å². The summed E-state index contributed by atoms with van der Waals surface area (Å²) in [7, 11) is 4.21. The van der Waals surface area contributed by atoms with Crippen LogP contribution in [0.4, 0.5) is 26.1 Å². The number of likely N-dealkylation sites (N-methyl/N-ethyl adjacent to an activating group) is 1. The average molecular weight is 444 g/mol. The maximum atomic E-state index is 13.5. The summed E-state index contributed by atoms with van der Waals surface area (Å²) in [5, 5.41) is 7.52. The molecule has 7 nitrogen and oxygen atoms in total. The molecule has 172 valence electrons. The molecular weight excluding hydrogens is 412 g/mol. The molecule has 0 amide bonds. The number of hydrogen-bond acceptors (Lipinski definition) is 6. The molecule has 2 aromatic carbocycles. The van der Waals surface area contributed by atoms with Crippen LogP contribution in [0.25, 0.3) is 5.69 Å². The smallest absolute Gasteiger partial charge is 0.246 e. The molecule has 1 aromatic heterocycles. The highest BCUT2D eigenvalue weighted by atomic mass is 19.1. The van der Waals surface area contributed by atoms with Gasteiger partial charge in [0.15, 0.2) is 0 Å². The van der Waals surface area contributed by atoms with Gasteiger partial charge in [-0.15, -0.1) is 5.10 Å². The lowest BCUT2D eigenvalue weighted by Crippen LogP contribution is -2.48. The fourth-order valence-electron chi connectivity index (χ4n) is 3.83. The van der Waals surface area contributed by atoms with Crippen molar-refractivity contribution < 1.29 is 10.2 Å². The normalized spacial score (nSPS) is 14.9. The van der Waals surface area contributed by atoms with Crippen molar-refractivity contribution in [2.24, 2.45) is 0 Å². The molecule has 0 atom stereocenters. The summed E-state index contributed by atoms with van der Waals surface area (Å²) in [6, 6.07) is 9.55. The second kappa shape index (κ2) is 9.62. The molecule has 0 radical (unpaired) electrons. The summed E-state index contributed by atoms with van der Waals surface area (Å²) >= 11 is 0. The maximum Gasteiger partial charge on any atom is 0.246 e. The Bertz CT molecular complexity index is 1040. The minimum absolute atomic E-state index is 0. The number of aromatic nitrogens is 3. The van der Waals surface area contributed by atoms with Crippen molar-refractivity contribution >= 4 is 17.3 Å². The van der Waals surface area contributed by atoms with E-state index in [1.165, 1.54) is 23.1 Å². The monoisotopic (exact) mass is 443 g/mol. The van der Waals surface area contributed by atoms with Crippen molar-refractivity contribution in [1.29, 1.82) is 0 Å². The molecule has 3 aromatic rings. The minimum atomic E-state index is -0.657. The van der Waals surface area contributed by atoms with Gasteiger partial charge < -0.3 is 15.1 Å². The van der Waals surface area contributed by atoms with Gasteiger partial charge in [0.1, 0.15) is 18.0 Å². The molecule has 1 N–H and O–H groups in total. The van der Waals surface area contributed by atoms with Crippen LogP contribution in [0, 0.1) is 18.6 Å². The molecule has 2 heterocycles. The first-order valence-electron chi connectivity index (χ1n) is 10.7. The number of nitrogens with one attached hydrogen (secondary N) is 1. The first-order chi connectivity index (χ1) is 15.4. The molecule has 0 bridgehead atoms. The Morgan fingerprint density at radius 2 is 1.69 bits per heavy atom. The topological polar surface area (TPSA) is 52.5 Å². The standard InChI is InChI=1S/C23H29F2N7.H2/c1-17-10-20(15-21(11-17)31-8-6-30(7-9-31)5-4-29(2)3)27-23-26-16-32(28-23)22-13-18(24)12-19(25)14-22;/h10-16H,4-9H2,1-3H3,(H,27,28);1H. The van der Waals surface area contributed by atoms with Crippen molar-refractivity contribution in [3.05, 3.63) is 59.9 Å². The van der Waals surface area contributed by atoms with Crippen LogP contribution in [0.2, 0.25) is 0 Å². The van der Waals surface area contributed by atoms with Crippen LogP contribution in [-0.2, 0) is 0 Å². The Hall–Kier alpha value is -3.04. The van der Waals surface area contributed by atoms with E-state index in [-0.39, 0.29) is 7.11 Å². The molecule has 32 heavy (non-hydrogen) atoms. The summed E-state index contributed by atoms with van der Waals surface area (Å²) in [5.41, 5.74) is 3.44. The van der Waals surface area contributed by atoms with Crippen LogP contribution < -0.4 is 10.2 Å². The van der Waals surface area contributed by atoms with Gasteiger partial charge in [0.2, 0.25) is 5.95 Å². The van der Waals surface area contributed by atoms with Gasteiger partial charge in [-0.1, -0.05) is 0 Å². The maximum absolute atomic E-state index is 13.5. The Balaban J connectivity index is 0.00000306. The van der Waals surface area contributed by atoms with E-state index >= 15 is 0 Å². The van der Waals surface area contributed by atoms with Crippen LogP contribution in [0.3, 0.4) is 0 Å². The summed E-state index contributed by atoms with van der Waals surface area (Å²) < 4.78 is 28.4. The second-order valence-corrected chi connectivity index (χ2v) is 8.45. The average Bonchev–Trinajstić information content (AvgIpc) is 3.20. The van der Waals surface area contributed by atoms with E-state index in [1.807, 2.05) is 6.07 Å². The number of nitrogens with zero attached hydrogens (tertiary/aromatic N) is 6. The number of rotatable bonds is 7. The number of aryl methyl sites for hydroxylation is 1. The van der Waals surface area contributed by atoms with E-state index in [4.69, 9.17) is 0 Å². The highest BCUT2D eigenvalue weighted by Crippen LogP contribution is 2.25. The number of halogens is 2. The number of hydrogen-bond donors (Lipinski definition) is 1. The third kappa shape index (κ3) is 5.60. The van der Waals surface area contributed by atoms with Gasteiger partial charge in [0, 0.05) is 58.1 Å². The first-order valence-corrected chi connectivity index (χ1v) is 10.7. The van der Waals surface area contributed by atoms with E-state index in [0.717, 1.165) is 62.3 Å². The summed E-state index contributed by atoms with van der Waals surface area (Å²) in [5.74, 6) is -0.954. The highest BCUT2D eigenvalue weighted by molar-refractivity contribution is 5.64. The Kier molecular flexibility index (Phi) is 6.66. The van der Waals surface area contributed by atoms with Crippen LogP contribution >= 0.6 is 0 Å². The molecule has 1 fully saturated rings. The van der Waals surface area contributed by atoms with Crippen LogP contribution in [-0.4, -0.2) is 77.9 Å². The van der Waals surface area contributed by atoms with E-state index in [2.05, 4.69) is 63.3 Å². The molecule has 0 saturated carbocycles. The Morgan fingerprint density at radius 3 is 2.38 bits per heavy atom. The SMILES string of the molecule is Cc1cc(Nc2ncn(-c3cc(F)cc(F)c3)n2)cc(N2CCN(CCN(C)C)CC2)c1.[HH]. The van der Waals surface area contributed by atoms with Gasteiger partial charge in [-0.3, -0.25) is 4.90 Å². The molecule has 4 rings (SSSR count). The van der Waals surface area contributed by atoms with Crippen LogP contribution in [0.5, 0.6) is 0 Å². The molecule has 0 spiro atoms. The fraction of sp³-hybridized carbons (Fsp3) is 0.391. The van der Waals surface area contributed by atoms with Gasteiger partial charge in [0.25, 0.3) is 0 Å². The molecule has 9 heteroatoms. The lowest BCUT2D eigenvalue weighted by atomic mass is 10.1. The molecule has 1 saturated heterocycles. The van der Waals surface area contributed by atoms with E-state index < -0.39 is 11.6 Å². The predicted octanol–water partition coefficient (Wildman–Crippen LogP) is 3.53. The van der Waals surface area contributed by atoms with Gasteiger partial charge in [0.05, 0.1) is 5.69 Å². The van der Waals surface area contributed by atoms with Gasteiger partial charge in [-0.2, -0.15) is 4.98 Å². The largest absolute Gasteiger partial charge is 0.369 e. The third-order valence-corrected chi connectivity index (χ3v) is 5.52. The summed E-state index contributed by atoms with van der Waals surface area (Å²) in [6.07, 6.45) is 1.43. The zero-order valence-electron chi connectivity index (χ0n) is 18.7. The molecule has 0 unspecified atom stereocenters. The van der Waals surface area contributed by atoms with Crippen molar-refractivity contribution in [3.8, 4) is 5.69 Å². The van der Waals surface area contributed by atoms with Gasteiger partial charge in [-0.05, 0) is 56.9 Å². The molecule has 1 aliphatic heterocycles. The Labute approximate surface area is 188 Å². The minimum Gasteiger partial charge on any atom is -0.369 e. The zero-order valence-corrected chi connectivity index (χ0v) is 18.7. The van der Waals surface area contributed by atoms with Crippen molar-refractivity contribution in [3.63, 3.8) is 0 Å². The zero-order chi connectivity index (χ0) is 22.7. The lowest BCUT2D eigenvalue weighted by molar-refractivity contribution is 0.229. The second-order valence-electron chi connectivity index (χ2n) is 8.45. The number of anilines is 3. The third-order valence-electron chi connectivity index (χ3n) is 5.52. The molecule has 1 aliphatic rings. The van der Waals surface area contributed by atoms with Crippen LogP contribution in [0.15, 0.2) is 42.7 Å². The highest BCUT2D eigenvalue weighted by Gasteiger charge is 2.18. The van der Waals surface area contributed by atoms with Crippen LogP contribution in [0.1, 0.15) is 6.99 Å². The molecular formula is C23H31F2N7. The van der Waals surface area contributed by atoms with Gasteiger partial charge in [-0.25, -0.2) is 13.5 Å². The summed E-state index contributed by atoms with van der Waals surface area (Å²) in [6.45, 7) is 8.26. The Morgan fingerprint density at radius 1 is 0.969 bits per heavy atom. The fourth-order valence-corrected chi connectivity index (χ4v) is 3.83. The predicted molar refractivity (Wildman–Crippen MR) is 125 cm³/mol. The van der Waals surface area contributed by atoms with Gasteiger partial charge >= 0.3 is 0 Å². The van der Waals surface area contributed by atoms with E-state index in [0.29, 0.717) is 5.95 Å². The quantitative estimate of drug-likeness (QED) is 0.603. The van der Waals surface area contributed by atoms with E-state index in [1.54, 1.807) is 0 Å². The number of piperazine rings is 1. The van der Waals surface area contributed by atoms with Crippen molar-refractivity contribution in [1.82, 2.24) is 24.6 Å².